The Bertz CT molecular complexity index is 1170. The second kappa shape index (κ2) is 12.4. The number of benzene rings is 1. The molecule has 0 unspecified atom stereocenters. The molecule has 0 saturated carbocycles. The number of carbonyl (C=O) groups excluding carboxylic acids is 1. The third-order valence-electron chi connectivity index (χ3n) is 8.67. The molecule has 0 radical (unpaired) electrons. The highest BCUT2D eigenvalue weighted by atomic mass is 16.5. The molecule has 0 atom stereocenters. The molecule has 1 aromatic heterocycles. The lowest BCUT2D eigenvalue weighted by atomic mass is 9.87. The minimum absolute atomic E-state index is 0.0501. The van der Waals surface area contributed by atoms with Crippen molar-refractivity contribution in [1.82, 2.24) is 14.8 Å². The lowest BCUT2D eigenvalue weighted by Crippen LogP contribution is -2.61. The fourth-order valence-corrected chi connectivity index (χ4v) is 6.39. The Labute approximate surface area is 234 Å². The SMILES string of the molecule is C=CC(=O)N1CC(N2CCC(c3cc(C)c4c(c3)Nc3nccc(N(CCC)CCCCC)c3CO4)CC2)C1. The van der Waals surface area contributed by atoms with Crippen LogP contribution in [0.15, 0.2) is 37.1 Å². The molecule has 2 aromatic rings. The van der Waals surface area contributed by atoms with Gasteiger partial charge in [0.25, 0.3) is 0 Å². The molecule has 210 valence electrons. The number of anilines is 3. The van der Waals surface area contributed by atoms with Crippen molar-refractivity contribution in [2.45, 2.75) is 77.9 Å². The topological polar surface area (TPSA) is 60.9 Å². The fraction of sp³-hybridized carbons (Fsp3) is 0.562. The molecule has 3 aliphatic rings. The van der Waals surface area contributed by atoms with Crippen LogP contribution < -0.4 is 15.0 Å². The standard InChI is InChI=1S/C32H45N5O2/c1-5-8-9-15-36(14-6-2)29-10-13-33-32-27(29)22-39-31-23(4)18-25(19-28(31)34-32)24-11-16-35(17-12-24)26-20-37(21-26)30(38)7-3/h7,10,13,18-19,24,26H,3,5-6,8-9,11-12,14-17,20-22H2,1-2,4H3,(H,33,34). The van der Waals surface area contributed by atoms with Gasteiger partial charge in [0.15, 0.2) is 0 Å². The van der Waals surface area contributed by atoms with Gasteiger partial charge >= 0.3 is 0 Å². The number of rotatable bonds is 10. The van der Waals surface area contributed by atoms with Crippen molar-refractivity contribution in [2.24, 2.45) is 0 Å². The van der Waals surface area contributed by atoms with E-state index in [-0.39, 0.29) is 5.91 Å². The van der Waals surface area contributed by atoms with E-state index < -0.39 is 0 Å². The van der Waals surface area contributed by atoms with Gasteiger partial charge in [0, 0.05) is 44.1 Å². The number of piperidine rings is 1. The molecular weight excluding hydrogens is 486 g/mol. The Balaban J connectivity index is 1.29. The first-order valence-electron chi connectivity index (χ1n) is 14.9. The third-order valence-corrected chi connectivity index (χ3v) is 8.67. The van der Waals surface area contributed by atoms with Crippen molar-refractivity contribution >= 4 is 23.1 Å². The van der Waals surface area contributed by atoms with E-state index in [1.165, 1.54) is 42.2 Å². The summed E-state index contributed by atoms with van der Waals surface area (Å²) in [6.45, 7) is 16.7. The average molecular weight is 532 g/mol. The summed E-state index contributed by atoms with van der Waals surface area (Å²) >= 11 is 0. The molecule has 0 bridgehead atoms. The van der Waals surface area contributed by atoms with Gasteiger partial charge in [0.05, 0.1) is 11.3 Å². The summed E-state index contributed by atoms with van der Waals surface area (Å²) in [6, 6.07) is 7.27. The number of ether oxygens (including phenoxy) is 1. The maximum absolute atomic E-state index is 11.8. The molecule has 5 rings (SSSR count). The summed E-state index contributed by atoms with van der Waals surface area (Å²) in [4.78, 5) is 23.5. The Morgan fingerprint density at radius 3 is 2.69 bits per heavy atom. The minimum atomic E-state index is 0.0501. The zero-order chi connectivity index (χ0) is 27.4. The van der Waals surface area contributed by atoms with Crippen LogP contribution in [0.5, 0.6) is 5.75 Å². The fourth-order valence-electron chi connectivity index (χ4n) is 6.39. The van der Waals surface area contributed by atoms with Gasteiger partial charge in [-0.3, -0.25) is 9.69 Å². The van der Waals surface area contributed by atoms with Crippen LogP contribution in [0.1, 0.15) is 75.0 Å². The summed E-state index contributed by atoms with van der Waals surface area (Å²) in [5, 5.41) is 3.68. The smallest absolute Gasteiger partial charge is 0.246 e. The van der Waals surface area contributed by atoms with Gasteiger partial charge in [-0.25, -0.2) is 4.98 Å². The number of nitrogens with zero attached hydrogens (tertiary/aromatic N) is 4. The van der Waals surface area contributed by atoms with Crippen molar-refractivity contribution in [3.8, 4) is 5.75 Å². The van der Waals surface area contributed by atoms with E-state index in [9.17, 15) is 4.79 Å². The monoisotopic (exact) mass is 531 g/mol. The van der Waals surface area contributed by atoms with Gasteiger partial charge in [0.1, 0.15) is 18.2 Å². The minimum Gasteiger partial charge on any atom is -0.486 e. The highest BCUT2D eigenvalue weighted by Crippen LogP contribution is 2.42. The summed E-state index contributed by atoms with van der Waals surface area (Å²) in [5.41, 5.74) is 5.98. The molecule has 4 heterocycles. The maximum Gasteiger partial charge on any atom is 0.246 e. The number of aryl methyl sites for hydroxylation is 1. The van der Waals surface area contributed by atoms with Crippen LogP contribution >= 0.6 is 0 Å². The normalized spacial score (nSPS) is 17.8. The van der Waals surface area contributed by atoms with E-state index in [4.69, 9.17) is 9.72 Å². The highest BCUT2D eigenvalue weighted by molar-refractivity contribution is 5.87. The number of unbranched alkanes of at least 4 members (excludes halogenated alkanes) is 2. The largest absolute Gasteiger partial charge is 0.486 e. The third kappa shape index (κ3) is 5.93. The predicted molar refractivity (Wildman–Crippen MR) is 159 cm³/mol. The van der Waals surface area contributed by atoms with E-state index in [0.29, 0.717) is 18.6 Å². The van der Waals surface area contributed by atoms with Crippen LogP contribution in [-0.4, -0.2) is 66.0 Å². The Morgan fingerprint density at radius 1 is 1.18 bits per heavy atom. The molecule has 3 aliphatic heterocycles. The van der Waals surface area contributed by atoms with E-state index in [1.807, 2.05) is 11.1 Å². The molecule has 39 heavy (non-hydrogen) atoms. The van der Waals surface area contributed by atoms with Gasteiger partial charge < -0.3 is 19.9 Å². The van der Waals surface area contributed by atoms with Gasteiger partial charge in [-0.2, -0.15) is 0 Å². The molecule has 7 heteroatoms. The molecule has 1 aromatic carbocycles. The zero-order valence-electron chi connectivity index (χ0n) is 24.0. The average Bonchev–Trinajstić information content (AvgIpc) is 3.12. The first-order valence-corrected chi connectivity index (χ1v) is 14.9. The van der Waals surface area contributed by atoms with Gasteiger partial charge in [0.2, 0.25) is 5.91 Å². The zero-order valence-corrected chi connectivity index (χ0v) is 24.0. The predicted octanol–water partition coefficient (Wildman–Crippen LogP) is 6.01. The highest BCUT2D eigenvalue weighted by Gasteiger charge is 2.36. The summed E-state index contributed by atoms with van der Waals surface area (Å²) in [6.07, 6.45) is 10.4. The molecule has 2 saturated heterocycles. The lowest BCUT2D eigenvalue weighted by molar-refractivity contribution is -0.133. The van der Waals surface area contributed by atoms with Crippen LogP contribution in [0, 0.1) is 6.92 Å². The molecule has 1 N–H and O–H groups in total. The lowest BCUT2D eigenvalue weighted by Gasteiger charge is -2.47. The number of nitrogens with one attached hydrogen (secondary N) is 1. The molecule has 7 nitrogen and oxygen atoms in total. The summed E-state index contributed by atoms with van der Waals surface area (Å²) < 4.78 is 6.48. The first kappa shape index (κ1) is 27.5. The number of carbonyl (C=O) groups is 1. The van der Waals surface area contributed by atoms with Crippen molar-refractivity contribution in [3.05, 3.63) is 53.7 Å². The van der Waals surface area contributed by atoms with E-state index in [0.717, 1.165) is 81.3 Å². The number of hydrogen-bond acceptors (Lipinski definition) is 6. The van der Waals surface area contributed by atoms with Crippen molar-refractivity contribution in [2.75, 3.05) is 49.5 Å². The maximum atomic E-state index is 11.8. The quantitative estimate of drug-likeness (QED) is 0.299. The van der Waals surface area contributed by atoms with Gasteiger partial charge in [-0.05, 0) is 81.0 Å². The van der Waals surface area contributed by atoms with Crippen LogP contribution in [0.2, 0.25) is 0 Å². The number of aromatic nitrogens is 1. The molecule has 1 amide bonds. The van der Waals surface area contributed by atoms with Crippen LogP contribution in [0.25, 0.3) is 0 Å². The number of hydrogen-bond donors (Lipinski definition) is 1. The number of amides is 1. The van der Waals surface area contributed by atoms with E-state index in [1.54, 1.807) is 0 Å². The number of fused-ring (bicyclic) bond motifs is 2. The summed E-state index contributed by atoms with van der Waals surface area (Å²) in [5.74, 6) is 2.43. The van der Waals surface area contributed by atoms with Crippen LogP contribution in [0.4, 0.5) is 17.2 Å². The van der Waals surface area contributed by atoms with Crippen molar-refractivity contribution in [3.63, 3.8) is 0 Å². The Hall–Kier alpha value is -3.06. The Morgan fingerprint density at radius 2 is 1.97 bits per heavy atom. The molecule has 0 spiro atoms. The molecular formula is C32H45N5O2. The number of likely N-dealkylation sites (tertiary alicyclic amines) is 2. The second-order valence-corrected chi connectivity index (χ2v) is 11.4. The van der Waals surface area contributed by atoms with E-state index in [2.05, 4.69) is 60.7 Å². The van der Waals surface area contributed by atoms with E-state index >= 15 is 0 Å². The number of pyridine rings is 1. The van der Waals surface area contributed by atoms with Gasteiger partial charge in [-0.15, -0.1) is 0 Å². The first-order chi connectivity index (χ1) is 19.0. The second-order valence-electron chi connectivity index (χ2n) is 11.4. The molecule has 2 fully saturated rings. The van der Waals surface area contributed by atoms with Crippen molar-refractivity contribution in [1.29, 1.82) is 0 Å². The summed E-state index contributed by atoms with van der Waals surface area (Å²) in [7, 11) is 0. The van der Waals surface area contributed by atoms with Crippen LogP contribution in [-0.2, 0) is 11.4 Å². The van der Waals surface area contributed by atoms with Crippen LogP contribution in [0.3, 0.4) is 0 Å². The molecule has 0 aliphatic carbocycles. The van der Waals surface area contributed by atoms with Crippen molar-refractivity contribution < 1.29 is 9.53 Å². The Kier molecular flexibility index (Phi) is 8.75. The van der Waals surface area contributed by atoms with Gasteiger partial charge in [-0.1, -0.05) is 39.3 Å².